The van der Waals surface area contributed by atoms with Gasteiger partial charge in [-0.05, 0) is 48.4 Å². The number of benzene rings is 2. The van der Waals surface area contributed by atoms with Crippen molar-refractivity contribution in [1.82, 2.24) is 0 Å². The van der Waals surface area contributed by atoms with E-state index in [-0.39, 0.29) is 24.2 Å². The molecule has 0 spiro atoms. The molecule has 6 heteroatoms. The summed E-state index contributed by atoms with van der Waals surface area (Å²) in [5.74, 6) is 0.454. The second-order valence-corrected chi connectivity index (χ2v) is 6.85. The van der Waals surface area contributed by atoms with Crippen LogP contribution in [0.15, 0.2) is 42.5 Å². The molecule has 25 heavy (non-hydrogen) atoms. The van der Waals surface area contributed by atoms with Gasteiger partial charge in [-0.15, -0.1) is 0 Å². The number of carbonyl (C=O) groups excluding carboxylic acids is 2. The Kier molecular flexibility index (Phi) is 6.85. The van der Waals surface area contributed by atoms with Crippen molar-refractivity contribution in [3.05, 3.63) is 58.1 Å². The van der Waals surface area contributed by atoms with Gasteiger partial charge in [-0.3, -0.25) is 9.59 Å². The van der Waals surface area contributed by atoms with Crippen LogP contribution < -0.4 is 10.1 Å². The van der Waals surface area contributed by atoms with Crippen molar-refractivity contribution < 1.29 is 14.3 Å². The van der Waals surface area contributed by atoms with E-state index >= 15 is 0 Å². The first-order valence-corrected chi connectivity index (χ1v) is 8.61. The number of halogens is 2. The summed E-state index contributed by atoms with van der Waals surface area (Å²) >= 11 is 11.8. The number of hydrogen-bond donors (Lipinski definition) is 1. The van der Waals surface area contributed by atoms with Crippen LogP contribution in [0.25, 0.3) is 0 Å². The number of rotatable bonds is 7. The standard InChI is InChI=1S/C19H19Cl2NO3/c1-12(2)9-19(24)22-15-6-3-13(4-7-15)17(23)11-25-18-8-5-14(20)10-16(18)21/h3-8,10,12H,9,11H2,1-2H3,(H,22,24). The Balaban J connectivity index is 1.92. The summed E-state index contributed by atoms with van der Waals surface area (Å²) in [7, 11) is 0. The van der Waals surface area contributed by atoms with Gasteiger partial charge in [-0.25, -0.2) is 0 Å². The van der Waals surface area contributed by atoms with Crippen molar-refractivity contribution in [2.75, 3.05) is 11.9 Å². The zero-order chi connectivity index (χ0) is 18.4. The minimum absolute atomic E-state index is 0.0465. The molecular weight excluding hydrogens is 361 g/mol. The van der Waals surface area contributed by atoms with Crippen LogP contribution in [0.1, 0.15) is 30.6 Å². The third-order valence-electron chi connectivity index (χ3n) is 3.34. The number of ketones is 1. The van der Waals surface area contributed by atoms with E-state index in [4.69, 9.17) is 27.9 Å². The topological polar surface area (TPSA) is 55.4 Å². The highest BCUT2D eigenvalue weighted by Gasteiger charge is 2.10. The van der Waals surface area contributed by atoms with Gasteiger partial charge in [-0.2, -0.15) is 0 Å². The zero-order valence-electron chi connectivity index (χ0n) is 14.0. The highest BCUT2D eigenvalue weighted by atomic mass is 35.5. The molecule has 0 aromatic heterocycles. The van der Waals surface area contributed by atoms with Crippen LogP contribution in [0.4, 0.5) is 5.69 Å². The van der Waals surface area contributed by atoms with Gasteiger partial charge in [0.05, 0.1) is 5.02 Å². The van der Waals surface area contributed by atoms with Gasteiger partial charge in [0.25, 0.3) is 0 Å². The Bertz CT molecular complexity index is 758. The lowest BCUT2D eigenvalue weighted by atomic mass is 10.1. The van der Waals surface area contributed by atoms with Crippen LogP contribution in [0.5, 0.6) is 5.75 Å². The number of nitrogens with one attached hydrogen (secondary N) is 1. The second-order valence-electron chi connectivity index (χ2n) is 6.01. The first kappa shape index (κ1) is 19.3. The lowest BCUT2D eigenvalue weighted by molar-refractivity contribution is -0.116. The predicted molar refractivity (Wildman–Crippen MR) is 101 cm³/mol. The molecule has 0 radical (unpaired) electrons. The third-order valence-corrected chi connectivity index (χ3v) is 3.87. The molecule has 0 unspecified atom stereocenters. The maximum absolute atomic E-state index is 12.2. The molecule has 0 atom stereocenters. The molecule has 132 valence electrons. The summed E-state index contributed by atoms with van der Waals surface area (Å²) in [5.41, 5.74) is 1.15. The van der Waals surface area contributed by atoms with E-state index in [0.29, 0.717) is 33.5 Å². The molecule has 0 aliphatic rings. The quantitative estimate of drug-likeness (QED) is 0.669. The number of amides is 1. The molecule has 0 saturated carbocycles. The summed E-state index contributed by atoms with van der Waals surface area (Å²) < 4.78 is 5.44. The van der Waals surface area contributed by atoms with Crippen LogP contribution in [-0.2, 0) is 4.79 Å². The summed E-state index contributed by atoms with van der Waals surface area (Å²) in [4.78, 5) is 23.9. The highest BCUT2D eigenvalue weighted by Crippen LogP contribution is 2.27. The minimum Gasteiger partial charge on any atom is -0.484 e. The number of Topliss-reactive ketones (excluding diaryl/α,β-unsaturated/α-hetero) is 1. The van der Waals surface area contributed by atoms with E-state index in [1.165, 1.54) is 0 Å². The van der Waals surface area contributed by atoms with Crippen molar-refractivity contribution in [3.8, 4) is 5.75 Å². The Hall–Kier alpha value is -2.04. The first-order valence-electron chi connectivity index (χ1n) is 7.86. The van der Waals surface area contributed by atoms with E-state index in [0.717, 1.165) is 0 Å². The van der Waals surface area contributed by atoms with Crippen molar-refractivity contribution in [2.24, 2.45) is 5.92 Å². The van der Waals surface area contributed by atoms with E-state index in [2.05, 4.69) is 5.32 Å². The normalized spacial score (nSPS) is 10.6. The average Bonchev–Trinajstić information content (AvgIpc) is 2.53. The molecule has 0 heterocycles. The predicted octanol–water partition coefficient (Wildman–Crippen LogP) is 5.24. The van der Waals surface area contributed by atoms with Crippen LogP contribution in [0, 0.1) is 5.92 Å². The fraction of sp³-hybridized carbons (Fsp3) is 0.263. The SMILES string of the molecule is CC(C)CC(=O)Nc1ccc(C(=O)COc2ccc(Cl)cc2Cl)cc1. The lowest BCUT2D eigenvalue weighted by Crippen LogP contribution is -2.14. The van der Waals surface area contributed by atoms with Gasteiger partial charge in [0, 0.05) is 22.7 Å². The molecule has 0 aliphatic heterocycles. The van der Waals surface area contributed by atoms with Gasteiger partial charge in [0.2, 0.25) is 5.91 Å². The Morgan fingerprint density at radius 3 is 2.36 bits per heavy atom. The van der Waals surface area contributed by atoms with Gasteiger partial charge >= 0.3 is 0 Å². The maximum atomic E-state index is 12.2. The van der Waals surface area contributed by atoms with Crippen molar-refractivity contribution in [1.29, 1.82) is 0 Å². The van der Waals surface area contributed by atoms with E-state index in [1.54, 1.807) is 42.5 Å². The molecule has 1 N–H and O–H groups in total. The maximum Gasteiger partial charge on any atom is 0.224 e. The first-order chi connectivity index (χ1) is 11.8. The molecule has 0 aliphatic carbocycles. The fourth-order valence-electron chi connectivity index (χ4n) is 2.14. The van der Waals surface area contributed by atoms with E-state index in [1.807, 2.05) is 13.8 Å². The Labute approximate surface area is 157 Å². The van der Waals surface area contributed by atoms with Crippen LogP contribution in [-0.4, -0.2) is 18.3 Å². The number of hydrogen-bond acceptors (Lipinski definition) is 3. The Morgan fingerprint density at radius 2 is 1.76 bits per heavy atom. The smallest absolute Gasteiger partial charge is 0.224 e. The molecule has 2 aromatic rings. The Morgan fingerprint density at radius 1 is 1.08 bits per heavy atom. The van der Waals surface area contributed by atoms with Crippen LogP contribution in [0.2, 0.25) is 10.0 Å². The molecule has 0 bridgehead atoms. The molecule has 0 saturated heterocycles. The summed E-state index contributed by atoms with van der Waals surface area (Å²) in [6.07, 6.45) is 0.455. The largest absolute Gasteiger partial charge is 0.484 e. The fourth-order valence-corrected chi connectivity index (χ4v) is 2.60. The summed E-state index contributed by atoms with van der Waals surface area (Å²) in [6.45, 7) is 3.82. The van der Waals surface area contributed by atoms with Crippen molar-refractivity contribution in [3.63, 3.8) is 0 Å². The van der Waals surface area contributed by atoms with Crippen molar-refractivity contribution in [2.45, 2.75) is 20.3 Å². The molecular formula is C19H19Cl2NO3. The highest BCUT2D eigenvalue weighted by molar-refractivity contribution is 6.35. The third kappa shape index (κ3) is 6.07. The van der Waals surface area contributed by atoms with Gasteiger partial charge in [0.1, 0.15) is 5.75 Å². The van der Waals surface area contributed by atoms with Gasteiger partial charge in [-0.1, -0.05) is 37.0 Å². The lowest BCUT2D eigenvalue weighted by Gasteiger charge is -2.09. The average molecular weight is 380 g/mol. The molecule has 2 aromatic carbocycles. The monoisotopic (exact) mass is 379 g/mol. The summed E-state index contributed by atoms with van der Waals surface area (Å²) in [5, 5.41) is 3.65. The van der Waals surface area contributed by atoms with E-state index in [9.17, 15) is 9.59 Å². The van der Waals surface area contributed by atoms with Crippen molar-refractivity contribution >= 4 is 40.6 Å². The minimum atomic E-state index is -0.189. The molecule has 0 fully saturated rings. The van der Waals surface area contributed by atoms with Crippen LogP contribution in [0.3, 0.4) is 0 Å². The van der Waals surface area contributed by atoms with Gasteiger partial charge in [0.15, 0.2) is 12.4 Å². The van der Waals surface area contributed by atoms with Crippen LogP contribution >= 0.6 is 23.2 Å². The zero-order valence-corrected chi connectivity index (χ0v) is 15.5. The number of carbonyl (C=O) groups is 2. The molecule has 4 nitrogen and oxygen atoms in total. The van der Waals surface area contributed by atoms with E-state index < -0.39 is 0 Å². The molecule has 1 amide bonds. The van der Waals surface area contributed by atoms with Gasteiger partial charge < -0.3 is 10.1 Å². The summed E-state index contributed by atoms with van der Waals surface area (Å²) in [6, 6.07) is 11.5. The second kappa shape index (κ2) is 8.88. The number of ether oxygens (including phenoxy) is 1. The number of anilines is 1. The molecule has 2 rings (SSSR count).